The average molecular weight is 641 g/mol. The predicted molar refractivity (Wildman–Crippen MR) is 152 cm³/mol. The molecule has 11 heteroatoms. The first-order valence-corrected chi connectivity index (χ1v) is 13.5. The summed E-state index contributed by atoms with van der Waals surface area (Å²) in [5, 5.41) is 3.60. The van der Waals surface area contributed by atoms with Crippen molar-refractivity contribution in [2.75, 3.05) is 11.9 Å². The normalized spacial score (nSPS) is 14.4. The van der Waals surface area contributed by atoms with Crippen LogP contribution < -0.4 is 10.1 Å². The van der Waals surface area contributed by atoms with Gasteiger partial charge in [-0.25, -0.2) is 0 Å². The maximum absolute atomic E-state index is 13.0. The van der Waals surface area contributed by atoms with Crippen LogP contribution in [0, 0.1) is 6.92 Å². The van der Waals surface area contributed by atoms with Gasteiger partial charge in [-0.15, -0.1) is 0 Å². The van der Waals surface area contributed by atoms with Crippen molar-refractivity contribution in [1.29, 1.82) is 0 Å². The highest BCUT2D eigenvalue weighted by Crippen LogP contribution is 2.36. The number of rotatable bonds is 7. The summed E-state index contributed by atoms with van der Waals surface area (Å²) in [7, 11) is 0. The van der Waals surface area contributed by atoms with E-state index in [9.17, 15) is 14.4 Å². The van der Waals surface area contributed by atoms with Crippen molar-refractivity contribution < 1.29 is 19.1 Å². The van der Waals surface area contributed by atoms with Gasteiger partial charge in [0.15, 0.2) is 6.61 Å². The van der Waals surface area contributed by atoms with Gasteiger partial charge in [0.25, 0.3) is 17.1 Å². The van der Waals surface area contributed by atoms with Crippen LogP contribution in [0.4, 0.5) is 10.5 Å². The lowest BCUT2D eigenvalue weighted by atomic mass is 10.1. The Morgan fingerprint density at radius 3 is 2.54 bits per heavy atom. The molecule has 0 bridgehead atoms. The van der Waals surface area contributed by atoms with Crippen LogP contribution in [0.3, 0.4) is 0 Å². The fraction of sp³-hybridized carbons (Fsp3) is 0.115. The molecule has 3 aromatic carbocycles. The number of ether oxygens (including phenoxy) is 1. The van der Waals surface area contributed by atoms with E-state index in [4.69, 9.17) is 39.5 Å². The van der Waals surface area contributed by atoms with Crippen molar-refractivity contribution in [1.82, 2.24) is 4.90 Å². The maximum atomic E-state index is 13.0. The minimum atomic E-state index is -0.444. The Balaban J connectivity index is 1.48. The van der Waals surface area contributed by atoms with Crippen molar-refractivity contribution in [3.63, 3.8) is 0 Å². The van der Waals surface area contributed by atoms with Crippen molar-refractivity contribution in [2.45, 2.75) is 13.5 Å². The zero-order valence-electron chi connectivity index (χ0n) is 19.2. The van der Waals surface area contributed by atoms with Crippen LogP contribution in [0.25, 0.3) is 6.08 Å². The predicted octanol–water partition coefficient (Wildman–Crippen LogP) is 7.97. The zero-order chi connectivity index (χ0) is 26.7. The fourth-order valence-electron chi connectivity index (χ4n) is 3.37. The van der Waals surface area contributed by atoms with Crippen molar-refractivity contribution >= 4 is 91.3 Å². The Labute approximate surface area is 241 Å². The molecule has 1 saturated heterocycles. The Morgan fingerprint density at radius 2 is 1.81 bits per heavy atom. The van der Waals surface area contributed by atoms with Crippen LogP contribution in [-0.2, 0) is 16.1 Å². The lowest BCUT2D eigenvalue weighted by molar-refractivity contribution is -0.123. The number of anilines is 1. The minimum Gasteiger partial charge on any atom is -0.483 e. The van der Waals surface area contributed by atoms with Gasteiger partial charge in [0.05, 0.1) is 21.5 Å². The van der Waals surface area contributed by atoms with E-state index in [2.05, 4.69) is 21.2 Å². The summed E-state index contributed by atoms with van der Waals surface area (Å²) < 4.78 is 6.48. The van der Waals surface area contributed by atoms with Crippen LogP contribution in [-0.4, -0.2) is 28.6 Å². The van der Waals surface area contributed by atoms with Gasteiger partial charge in [0.1, 0.15) is 5.75 Å². The van der Waals surface area contributed by atoms with Gasteiger partial charge in [-0.3, -0.25) is 19.3 Å². The van der Waals surface area contributed by atoms with Crippen LogP contribution in [0.15, 0.2) is 64.0 Å². The second-order valence-corrected chi connectivity index (χ2v) is 11.1. The number of carbonyl (C=O) groups is 3. The van der Waals surface area contributed by atoms with E-state index < -0.39 is 11.1 Å². The van der Waals surface area contributed by atoms with Gasteiger partial charge in [0.2, 0.25) is 0 Å². The highest BCUT2D eigenvalue weighted by molar-refractivity contribution is 9.10. The summed E-state index contributed by atoms with van der Waals surface area (Å²) >= 11 is 22.4. The number of hydrogen-bond acceptors (Lipinski definition) is 5. The largest absolute Gasteiger partial charge is 0.483 e. The van der Waals surface area contributed by atoms with Crippen LogP contribution in [0.5, 0.6) is 5.75 Å². The molecular formula is C26H18BrCl3N2O4S. The van der Waals surface area contributed by atoms with Crippen molar-refractivity contribution in [3.05, 3.63) is 95.7 Å². The molecule has 0 spiro atoms. The molecule has 4 rings (SSSR count). The van der Waals surface area contributed by atoms with E-state index in [1.165, 1.54) is 0 Å². The second kappa shape index (κ2) is 11.9. The number of amides is 3. The molecular weight excluding hydrogens is 623 g/mol. The molecule has 0 atom stereocenters. The first-order chi connectivity index (χ1) is 17.6. The molecule has 1 heterocycles. The molecule has 0 unspecified atom stereocenters. The van der Waals surface area contributed by atoms with E-state index in [0.29, 0.717) is 37.6 Å². The van der Waals surface area contributed by atoms with E-state index in [1.54, 1.807) is 60.7 Å². The Kier molecular flexibility index (Phi) is 8.87. The lowest BCUT2D eigenvalue weighted by Crippen LogP contribution is -2.27. The number of benzene rings is 3. The number of imide groups is 1. The monoisotopic (exact) mass is 638 g/mol. The molecule has 0 saturated carbocycles. The van der Waals surface area contributed by atoms with E-state index in [1.807, 2.05) is 6.92 Å². The highest BCUT2D eigenvalue weighted by Gasteiger charge is 2.35. The number of nitrogens with zero attached hydrogens (tertiary/aromatic N) is 1. The summed E-state index contributed by atoms with van der Waals surface area (Å²) in [4.78, 5) is 39.4. The van der Waals surface area contributed by atoms with Gasteiger partial charge in [-0.2, -0.15) is 0 Å². The smallest absolute Gasteiger partial charge is 0.293 e. The summed E-state index contributed by atoms with van der Waals surface area (Å²) in [6.07, 6.45) is 1.57. The van der Waals surface area contributed by atoms with Gasteiger partial charge in [-0.05, 0) is 78.4 Å². The van der Waals surface area contributed by atoms with Gasteiger partial charge >= 0.3 is 0 Å². The molecule has 3 amide bonds. The molecule has 1 aliphatic heterocycles. The third-order valence-electron chi connectivity index (χ3n) is 5.27. The zero-order valence-corrected chi connectivity index (χ0v) is 23.9. The quantitative estimate of drug-likeness (QED) is 0.265. The number of nitrogens with one attached hydrogen (secondary N) is 1. The van der Waals surface area contributed by atoms with E-state index >= 15 is 0 Å². The van der Waals surface area contributed by atoms with Crippen molar-refractivity contribution in [2.24, 2.45) is 0 Å². The summed E-state index contributed by atoms with van der Waals surface area (Å²) in [5.74, 6) is -0.451. The summed E-state index contributed by atoms with van der Waals surface area (Å²) in [6.45, 7) is 1.66. The fourth-order valence-corrected chi connectivity index (χ4v) is 5.08. The van der Waals surface area contributed by atoms with Crippen molar-refractivity contribution in [3.8, 4) is 5.75 Å². The first kappa shape index (κ1) is 27.5. The summed E-state index contributed by atoms with van der Waals surface area (Å²) in [6, 6.07) is 15.3. The Morgan fingerprint density at radius 1 is 1.03 bits per heavy atom. The maximum Gasteiger partial charge on any atom is 0.293 e. The number of thioether (sulfide) groups is 1. The molecule has 3 aromatic rings. The minimum absolute atomic E-state index is 0.0595. The summed E-state index contributed by atoms with van der Waals surface area (Å²) in [5.41, 5.74) is 2.65. The van der Waals surface area contributed by atoms with Gasteiger partial charge in [-0.1, -0.05) is 62.9 Å². The molecule has 0 radical (unpaired) electrons. The van der Waals surface area contributed by atoms with Gasteiger partial charge in [0, 0.05) is 20.7 Å². The lowest BCUT2D eigenvalue weighted by Gasteiger charge is -2.13. The highest BCUT2D eigenvalue weighted by atomic mass is 79.9. The Hall–Kier alpha value is -2.49. The first-order valence-electron chi connectivity index (χ1n) is 10.8. The molecule has 1 fully saturated rings. The van der Waals surface area contributed by atoms with Crippen LogP contribution in [0.1, 0.15) is 16.7 Å². The van der Waals surface area contributed by atoms with E-state index in [-0.39, 0.29) is 24.0 Å². The topological polar surface area (TPSA) is 75.7 Å². The number of hydrogen-bond donors (Lipinski definition) is 1. The molecule has 1 N–H and O–H groups in total. The second-order valence-electron chi connectivity index (χ2n) is 8.00. The molecule has 0 aromatic heterocycles. The third kappa shape index (κ3) is 6.89. The average Bonchev–Trinajstić information content (AvgIpc) is 3.10. The Bertz CT molecular complexity index is 1450. The molecule has 1 aliphatic rings. The molecule has 37 heavy (non-hydrogen) atoms. The molecule has 0 aliphatic carbocycles. The molecule has 6 nitrogen and oxygen atoms in total. The van der Waals surface area contributed by atoms with E-state index in [0.717, 1.165) is 26.7 Å². The number of carbonyl (C=O) groups excluding carboxylic acids is 3. The van der Waals surface area contributed by atoms with Crippen LogP contribution >= 0.6 is 62.5 Å². The number of halogens is 4. The third-order valence-corrected chi connectivity index (χ3v) is 7.82. The molecule has 190 valence electrons. The van der Waals surface area contributed by atoms with Crippen LogP contribution in [0.2, 0.25) is 15.1 Å². The number of aryl methyl sites for hydroxylation is 1. The SMILES string of the molecule is Cc1ccc(NC(=O)COc2ccc(Br)cc2/C=C2\SC(=O)N(Cc3ccc(Cl)c(Cl)c3)C2=O)cc1Cl. The standard InChI is InChI=1S/C26H18BrCl3N2O4S/c1-14-2-5-18(11-20(14)29)31-24(33)13-36-22-7-4-17(27)9-16(22)10-23-25(34)32(26(35)37-23)12-15-3-6-19(28)21(30)8-15/h2-11H,12-13H2,1H3,(H,31,33)/b23-10-. The van der Waals surface area contributed by atoms with Gasteiger partial charge < -0.3 is 10.1 Å².